The molecule has 0 fully saturated rings. The molecule has 1 N–H and O–H groups in total. The smallest absolute Gasteiger partial charge is 0.270 e. The number of rotatable bonds is 5. The molecule has 6 nitrogen and oxygen atoms in total. The van der Waals surface area contributed by atoms with E-state index in [1.807, 2.05) is 41.3 Å². The van der Waals surface area contributed by atoms with E-state index in [1.54, 1.807) is 21.3 Å². The van der Waals surface area contributed by atoms with Gasteiger partial charge in [-0.3, -0.25) is 4.79 Å². The highest BCUT2D eigenvalue weighted by Gasteiger charge is 2.24. The number of hydrogen-bond acceptors (Lipinski definition) is 4. The Balaban J connectivity index is 1.59. The van der Waals surface area contributed by atoms with Crippen LogP contribution in [0.1, 0.15) is 22.5 Å². The van der Waals surface area contributed by atoms with Gasteiger partial charge in [-0.05, 0) is 36.3 Å². The van der Waals surface area contributed by atoms with Gasteiger partial charge in [-0.2, -0.15) is 0 Å². The highest BCUT2D eigenvalue weighted by Crippen LogP contribution is 2.41. The second-order valence-corrected chi connectivity index (χ2v) is 7.97. The molecule has 4 rings (SSSR count). The molecule has 1 amide bonds. The van der Waals surface area contributed by atoms with Crippen molar-refractivity contribution < 1.29 is 19.0 Å². The number of ether oxygens (including phenoxy) is 3. The molecule has 7 heteroatoms. The molecule has 1 aliphatic rings. The minimum absolute atomic E-state index is 0.00807. The van der Waals surface area contributed by atoms with Crippen LogP contribution in [-0.4, -0.2) is 50.2 Å². The molecule has 2 aromatic carbocycles. The molecular weight excluding hydrogens is 448 g/mol. The number of methoxy groups -OCH3 is 3. The van der Waals surface area contributed by atoms with E-state index >= 15 is 0 Å². The van der Waals surface area contributed by atoms with Gasteiger partial charge in [-0.1, -0.05) is 22.0 Å². The maximum absolute atomic E-state index is 13.0. The predicted octanol–water partition coefficient (Wildman–Crippen LogP) is 4.89. The molecule has 0 saturated heterocycles. The lowest BCUT2D eigenvalue weighted by atomic mass is 9.97. The number of H-pyrrole nitrogens is 1. The summed E-state index contributed by atoms with van der Waals surface area (Å²) in [6, 6.07) is 11.5. The molecule has 2 heterocycles. The quantitative estimate of drug-likeness (QED) is 0.576. The summed E-state index contributed by atoms with van der Waals surface area (Å²) in [6.45, 7) is 1.13. The van der Waals surface area contributed by atoms with Crippen molar-refractivity contribution >= 4 is 38.3 Å². The van der Waals surface area contributed by atoms with Gasteiger partial charge in [-0.15, -0.1) is 0 Å². The zero-order valence-electron chi connectivity index (χ0n) is 17.1. The molecule has 0 radical (unpaired) electrons. The van der Waals surface area contributed by atoms with Crippen molar-refractivity contribution in [3.05, 3.63) is 58.2 Å². The summed E-state index contributed by atoms with van der Waals surface area (Å²) < 4.78 is 17.5. The Hall–Kier alpha value is -2.93. The molecule has 0 aliphatic carbocycles. The van der Waals surface area contributed by atoms with Crippen LogP contribution in [0.5, 0.6) is 17.2 Å². The van der Waals surface area contributed by atoms with Crippen LogP contribution in [0.4, 0.5) is 0 Å². The maximum Gasteiger partial charge on any atom is 0.270 e. The van der Waals surface area contributed by atoms with E-state index in [-0.39, 0.29) is 5.91 Å². The van der Waals surface area contributed by atoms with Crippen molar-refractivity contribution in [1.29, 1.82) is 0 Å². The van der Waals surface area contributed by atoms with Gasteiger partial charge in [0, 0.05) is 40.6 Å². The average Bonchev–Trinajstić information content (AvgIpc) is 3.20. The van der Waals surface area contributed by atoms with Crippen molar-refractivity contribution in [2.45, 2.75) is 6.42 Å². The molecule has 30 heavy (non-hydrogen) atoms. The standard InChI is InChI=1S/C23H23BrN2O4/c1-28-17-12-20(29-2)22(21(13-17)30-3)14-6-8-26(9-7-14)23(27)19-11-15-10-16(24)4-5-18(15)25-19/h4-6,10-13,25H,7-9H2,1-3H3. The number of carbonyl (C=O) groups is 1. The predicted molar refractivity (Wildman–Crippen MR) is 121 cm³/mol. The molecule has 0 bridgehead atoms. The van der Waals surface area contributed by atoms with Gasteiger partial charge in [0.1, 0.15) is 22.9 Å². The highest BCUT2D eigenvalue weighted by atomic mass is 79.9. The average molecular weight is 471 g/mol. The van der Waals surface area contributed by atoms with Gasteiger partial charge in [0.15, 0.2) is 0 Å². The zero-order valence-corrected chi connectivity index (χ0v) is 18.7. The minimum atomic E-state index is -0.00807. The zero-order chi connectivity index (χ0) is 21.3. The number of nitrogens with zero attached hydrogens (tertiary/aromatic N) is 1. The fraction of sp³-hybridized carbons (Fsp3) is 0.261. The number of fused-ring (bicyclic) bond motifs is 1. The number of hydrogen-bond donors (Lipinski definition) is 1. The van der Waals surface area contributed by atoms with Crippen molar-refractivity contribution in [1.82, 2.24) is 9.88 Å². The van der Waals surface area contributed by atoms with E-state index in [2.05, 4.69) is 27.0 Å². The van der Waals surface area contributed by atoms with E-state index in [9.17, 15) is 4.79 Å². The summed E-state index contributed by atoms with van der Waals surface area (Å²) in [4.78, 5) is 18.1. The first-order valence-electron chi connectivity index (χ1n) is 9.61. The Morgan fingerprint density at radius 2 is 1.77 bits per heavy atom. The van der Waals surface area contributed by atoms with E-state index in [1.165, 1.54) is 0 Å². The van der Waals surface area contributed by atoms with Crippen molar-refractivity contribution in [3.8, 4) is 17.2 Å². The Labute approximate surface area is 183 Å². The molecule has 3 aromatic rings. The van der Waals surface area contributed by atoms with Gasteiger partial charge >= 0.3 is 0 Å². The fourth-order valence-electron chi connectivity index (χ4n) is 3.79. The van der Waals surface area contributed by atoms with Crippen LogP contribution in [0, 0.1) is 0 Å². The molecule has 156 valence electrons. The molecule has 0 atom stereocenters. The Bertz CT molecular complexity index is 1110. The summed E-state index contributed by atoms with van der Waals surface area (Å²) in [6.07, 6.45) is 2.77. The third-order valence-electron chi connectivity index (χ3n) is 5.35. The van der Waals surface area contributed by atoms with E-state index in [4.69, 9.17) is 14.2 Å². The van der Waals surface area contributed by atoms with E-state index in [0.717, 1.165) is 26.5 Å². The van der Waals surface area contributed by atoms with E-state index in [0.29, 0.717) is 42.5 Å². The van der Waals surface area contributed by atoms with Gasteiger partial charge < -0.3 is 24.1 Å². The molecule has 0 unspecified atom stereocenters. The van der Waals surface area contributed by atoms with Crippen LogP contribution < -0.4 is 14.2 Å². The van der Waals surface area contributed by atoms with Gasteiger partial charge in [0.25, 0.3) is 5.91 Å². The first-order chi connectivity index (χ1) is 14.5. The Kier molecular flexibility index (Phi) is 5.72. The van der Waals surface area contributed by atoms with Crippen molar-refractivity contribution in [2.75, 3.05) is 34.4 Å². The summed E-state index contributed by atoms with van der Waals surface area (Å²) in [7, 11) is 4.87. The first-order valence-corrected chi connectivity index (χ1v) is 10.4. The van der Waals surface area contributed by atoms with Crippen LogP contribution in [0.15, 0.2) is 46.9 Å². The SMILES string of the molecule is COc1cc(OC)c(C2=CCN(C(=O)c3cc4cc(Br)ccc4[nH]3)CC2)c(OC)c1. The lowest BCUT2D eigenvalue weighted by molar-refractivity contribution is 0.0768. The first kappa shape index (κ1) is 20.3. The maximum atomic E-state index is 13.0. The largest absolute Gasteiger partial charge is 0.496 e. The summed E-state index contributed by atoms with van der Waals surface area (Å²) in [5.41, 5.74) is 3.54. The number of benzene rings is 2. The fourth-order valence-corrected chi connectivity index (χ4v) is 4.17. The third-order valence-corrected chi connectivity index (χ3v) is 5.84. The van der Waals surface area contributed by atoms with E-state index < -0.39 is 0 Å². The molecule has 0 spiro atoms. The lowest BCUT2D eigenvalue weighted by Crippen LogP contribution is -2.34. The van der Waals surface area contributed by atoms with Gasteiger partial charge in [-0.25, -0.2) is 0 Å². The number of halogens is 1. The number of amides is 1. The lowest BCUT2D eigenvalue weighted by Gasteiger charge is -2.27. The minimum Gasteiger partial charge on any atom is -0.496 e. The normalized spacial score (nSPS) is 13.9. The van der Waals surface area contributed by atoms with Crippen LogP contribution in [0.25, 0.3) is 16.5 Å². The Morgan fingerprint density at radius 1 is 1.03 bits per heavy atom. The topological polar surface area (TPSA) is 63.8 Å². The van der Waals surface area contributed by atoms with Gasteiger partial charge in [0.05, 0.1) is 26.9 Å². The highest BCUT2D eigenvalue weighted by molar-refractivity contribution is 9.10. The number of carbonyl (C=O) groups excluding carboxylic acids is 1. The van der Waals surface area contributed by atoms with Crippen molar-refractivity contribution in [3.63, 3.8) is 0 Å². The monoisotopic (exact) mass is 470 g/mol. The summed E-state index contributed by atoms with van der Waals surface area (Å²) in [5.74, 6) is 2.05. The summed E-state index contributed by atoms with van der Waals surface area (Å²) >= 11 is 3.47. The van der Waals surface area contributed by atoms with Crippen LogP contribution in [-0.2, 0) is 0 Å². The Morgan fingerprint density at radius 3 is 2.37 bits per heavy atom. The van der Waals surface area contributed by atoms with Crippen LogP contribution in [0.3, 0.4) is 0 Å². The molecular formula is C23H23BrN2O4. The molecule has 1 aliphatic heterocycles. The van der Waals surface area contributed by atoms with Crippen molar-refractivity contribution in [2.24, 2.45) is 0 Å². The molecule has 1 aromatic heterocycles. The second kappa shape index (κ2) is 8.44. The summed E-state index contributed by atoms with van der Waals surface area (Å²) in [5, 5.41) is 1.01. The number of aromatic nitrogens is 1. The third kappa shape index (κ3) is 3.77. The molecule has 0 saturated carbocycles. The number of nitrogens with one attached hydrogen (secondary N) is 1. The number of aromatic amines is 1. The van der Waals surface area contributed by atoms with Crippen LogP contribution in [0.2, 0.25) is 0 Å². The van der Waals surface area contributed by atoms with Gasteiger partial charge in [0.2, 0.25) is 0 Å². The van der Waals surface area contributed by atoms with Crippen LogP contribution >= 0.6 is 15.9 Å². The second-order valence-electron chi connectivity index (χ2n) is 7.05.